The molecular formula is C13H14BrN3O2. The Morgan fingerprint density at radius 3 is 3.05 bits per heavy atom. The first-order valence-corrected chi connectivity index (χ1v) is 6.62. The van der Waals surface area contributed by atoms with Gasteiger partial charge in [0.05, 0.1) is 24.1 Å². The van der Waals surface area contributed by atoms with Gasteiger partial charge in [-0.1, -0.05) is 22.0 Å². The maximum absolute atomic E-state index is 11.8. The minimum absolute atomic E-state index is 0.0918. The molecule has 1 atom stereocenters. The lowest BCUT2D eigenvalue weighted by Crippen LogP contribution is -2.34. The lowest BCUT2D eigenvalue weighted by atomic mass is 10.3. The normalized spacial score (nSPS) is 12.2. The number of aliphatic hydroxyl groups is 1. The fourth-order valence-electron chi connectivity index (χ4n) is 1.55. The number of carbonyl (C=O) groups is 1. The van der Waals surface area contributed by atoms with Crippen molar-refractivity contribution in [2.75, 3.05) is 6.61 Å². The van der Waals surface area contributed by atoms with Crippen molar-refractivity contribution < 1.29 is 9.90 Å². The van der Waals surface area contributed by atoms with Gasteiger partial charge in [0.15, 0.2) is 0 Å². The second-order valence-electron chi connectivity index (χ2n) is 4.21. The predicted molar refractivity (Wildman–Crippen MR) is 75.3 cm³/mol. The van der Waals surface area contributed by atoms with Crippen molar-refractivity contribution in [2.24, 2.45) is 0 Å². The van der Waals surface area contributed by atoms with Crippen LogP contribution in [-0.2, 0) is 0 Å². The number of amides is 1. The molecule has 2 rings (SSSR count). The van der Waals surface area contributed by atoms with Crippen molar-refractivity contribution in [2.45, 2.75) is 13.0 Å². The minimum Gasteiger partial charge on any atom is -0.394 e. The highest BCUT2D eigenvalue weighted by Crippen LogP contribution is 2.15. The topological polar surface area (TPSA) is 67.2 Å². The third-order valence-electron chi connectivity index (χ3n) is 2.57. The van der Waals surface area contributed by atoms with Crippen LogP contribution < -0.4 is 5.32 Å². The number of carbonyl (C=O) groups excluding carboxylic acids is 1. The fraction of sp³-hybridized carbons (Fsp3) is 0.231. The van der Waals surface area contributed by atoms with Gasteiger partial charge in [-0.15, -0.1) is 0 Å². The quantitative estimate of drug-likeness (QED) is 0.900. The van der Waals surface area contributed by atoms with Crippen LogP contribution in [0.25, 0.3) is 5.69 Å². The molecule has 19 heavy (non-hydrogen) atoms. The van der Waals surface area contributed by atoms with Crippen LogP contribution in [0.3, 0.4) is 0 Å². The molecule has 0 aliphatic heterocycles. The molecule has 1 aromatic heterocycles. The molecule has 1 heterocycles. The number of nitrogens with zero attached hydrogens (tertiary/aromatic N) is 2. The molecule has 1 aromatic carbocycles. The highest BCUT2D eigenvalue weighted by molar-refractivity contribution is 9.10. The van der Waals surface area contributed by atoms with Gasteiger partial charge >= 0.3 is 0 Å². The van der Waals surface area contributed by atoms with Crippen LogP contribution in [0.2, 0.25) is 0 Å². The van der Waals surface area contributed by atoms with Gasteiger partial charge in [-0.2, -0.15) is 5.10 Å². The van der Waals surface area contributed by atoms with Gasteiger partial charge in [-0.3, -0.25) is 4.79 Å². The van der Waals surface area contributed by atoms with E-state index in [9.17, 15) is 4.79 Å². The molecule has 100 valence electrons. The van der Waals surface area contributed by atoms with Crippen LogP contribution in [0, 0.1) is 0 Å². The zero-order valence-electron chi connectivity index (χ0n) is 10.4. The molecule has 5 nitrogen and oxygen atoms in total. The van der Waals surface area contributed by atoms with E-state index in [-0.39, 0.29) is 18.6 Å². The van der Waals surface area contributed by atoms with Crippen LogP contribution in [-0.4, -0.2) is 33.4 Å². The van der Waals surface area contributed by atoms with Gasteiger partial charge in [0, 0.05) is 16.7 Å². The Bertz CT molecular complexity index is 583. The van der Waals surface area contributed by atoms with Gasteiger partial charge in [0.2, 0.25) is 0 Å². The standard InChI is InChI=1S/C13H14BrN3O2/c1-9(8-18)16-13(19)10-6-15-17(7-10)12-4-2-3-11(14)5-12/h2-7,9,18H,8H2,1H3,(H,16,19). The van der Waals surface area contributed by atoms with E-state index in [1.807, 2.05) is 24.3 Å². The summed E-state index contributed by atoms with van der Waals surface area (Å²) in [6, 6.07) is 7.35. The van der Waals surface area contributed by atoms with Crippen molar-refractivity contribution in [1.82, 2.24) is 15.1 Å². The monoisotopic (exact) mass is 323 g/mol. The molecule has 2 N–H and O–H groups in total. The summed E-state index contributed by atoms with van der Waals surface area (Å²) in [5.74, 6) is -0.247. The van der Waals surface area contributed by atoms with E-state index in [1.54, 1.807) is 17.8 Å². The largest absolute Gasteiger partial charge is 0.394 e. The summed E-state index contributed by atoms with van der Waals surface area (Å²) in [4.78, 5) is 11.8. The second kappa shape index (κ2) is 5.99. The molecular weight excluding hydrogens is 310 g/mol. The summed E-state index contributed by atoms with van der Waals surface area (Å²) < 4.78 is 2.57. The Morgan fingerprint density at radius 2 is 2.37 bits per heavy atom. The molecule has 0 saturated heterocycles. The number of halogens is 1. The zero-order chi connectivity index (χ0) is 13.8. The number of hydrogen-bond acceptors (Lipinski definition) is 3. The lowest BCUT2D eigenvalue weighted by molar-refractivity contribution is 0.0922. The molecule has 6 heteroatoms. The Labute approximate surface area is 119 Å². The van der Waals surface area contributed by atoms with E-state index in [4.69, 9.17) is 5.11 Å². The van der Waals surface area contributed by atoms with Gasteiger partial charge in [0.1, 0.15) is 0 Å². The first-order valence-electron chi connectivity index (χ1n) is 5.82. The van der Waals surface area contributed by atoms with Gasteiger partial charge in [-0.25, -0.2) is 4.68 Å². The van der Waals surface area contributed by atoms with Gasteiger partial charge < -0.3 is 10.4 Å². The van der Waals surface area contributed by atoms with E-state index in [2.05, 4.69) is 26.3 Å². The number of rotatable bonds is 4. The summed E-state index contributed by atoms with van der Waals surface area (Å²) >= 11 is 3.39. The predicted octanol–water partition coefficient (Wildman–Crippen LogP) is 1.75. The molecule has 0 bridgehead atoms. The number of aromatic nitrogens is 2. The Morgan fingerprint density at radius 1 is 1.58 bits per heavy atom. The van der Waals surface area contributed by atoms with E-state index in [1.165, 1.54) is 6.20 Å². The molecule has 0 radical (unpaired) electrons. The Hall–Kier alpha value is -1.66. The molecule has 0 spiro atoms. The fourth-order valence-corrected chi connectivity index (χ4v) is 1.94. The average molecular weight is 324 g/mol. The first-order chi connectivity index (χ1) is 9.10. The lowest BCUT2D eigenvalue weighted by Gasteiger charge is -2.08. The molecule has 1 amide bonds. The number of aliphatic hydroxyl groups excluding tert-OH is 1. The number of nitrogens with one attached hydrogen (secondary N) is 1. The molecule has 0 fully saturated rings. The summed E-state index contributed by atoms with van der Waals surface area (Å²) in [5, 5.41) is 15.7. The molecule has 0 aliphatic carbocycles. The maximum Gasteiger partial charge on any atom is 0.254 e. The maximum atomic E-state index is 11.8. The highest BCUT2D eigenvalue weighted by Gasteiger charge is 2.11. The summed E-state index contributed by atoms with van der Waals surface area (Å²) in [6.45, 7) is 1.64. The van der Waals surface area contributed by atoms with E-state index in [0.29, 0.717) is 5.56 Å². The van der Waals surface area contributed by atoms with Crippen molar-refractivity contribution in [3.8, 4) is 5.69 Å². The number of benzene rings is 1. The van der Waals surface area contributed by atoms with Gasteiger partial charge in [-0.05, 0) is 25.1 Å². The summed E-state index contributed by atoms with van der Waals surface area (Å²) in [5.41, 5.74) is 1.32. The zero-order valence-corrected chi connectivity index (χ0v) is 12.0. The molecule has 1 unspecified atom stereocenters. The number of hydrogen-bond donors (Lipinski definition) is 2. The molecule has 0 aliphatic rings. The average Bonchev–Trinajstić information content (AvgIpc) is 2.88. The van der Waals surface area contributed by atoms with Crippen molar-refractivity contribution in [3.63, 3.8) is 0 Å². The third kappa shape index (κ3) is 3.42. The van der Waals surface area contributed by atoms with Crippen molar-refractivity contribution >= 4 is 21.8 Å². The van der Waals surface area contributed by atoms with Crippen molar-refractivity contribution in [3.05, 3.63) is 46.7 Å². The van der Waals surface area contributed by atoms with Crippen LogP contribution in [0.4, 0.5) is 0 Å². The third-order valence-corrected chi connectivity index (χ3v) is 3.06. The molecule has 0 saturated carbocycles. The van der Waals surface area contributed by atoms with E-state index < -0.39 is 0 Å². The highest BCUT2D eigenvalue weighted by atomic mass is 79.9. The van der Waals surface area contributed by atoms with E-state index in [0.717, 1.165) is 10.2 Å². The smallest absolute Gasteiger partial charge is 0.254 e. The van der Waals surface area contributed by atoms with Crippen LogP contribution in [0.15, 0.2) is 41.1 Å². The van der Waals surface area contributed by atoms with E-state index >= 15 is 0 Å². The van der Waals surface area contributed by atoms with Crippen molar-refractivity contribution in [1.29, 1.82) is 0 Å². The Balaban J connectivity index is 2.17. The molecule has 2 aromatic rings. The minimum atomic E-state index is -0.276. The van der Waals surface area contributed by atoms with Crippen LogP contribution >= 0.6 is 15.9 Å². The van der Waals surface area contributed by atoms with Gasteiger partial charge in [0.25, 0.3) is 5.91 Å². The first kappa shape index (κ1) is 13.8. The summed E-state index contributed by atoms with van der Waals surface area (Å²) in [7, 11) is 0. The van der Waals surface area contributed by atoms with Crippen LogP contribution in [0.5, 0.6) is 0 Å². The Kier molecular flexibility index (Phi) is 4.34. The summed E-state index contributed by atoms with van der Waals surface area (Å²) in [6.07, 6.45) is 3.15. The van der Waals surface area contributed by atoms with Crippen LogP contribution in [0.1, 0.15) is 17.3 Å². The SMILES string of the molecule is CC(CO)NC(=O)c1cnn(-c2cccc(Br)c2)c1. The second-order valence-corrected chi connectivity index (χ2v) is 5.13.